The minimum absolute atomic E-state index is 0.00990. The van der Waals surface area contributed by atoms with Gasteiger partial charge in [0.05, 0.1) is 36.9 Å². The van der Waals surface area contributed by atoms with E-state index in [-0.39, 0.29) is 12.6 Å². The summed E-state index contributed by atoms with van der Waals surface area (Å²) in [5, 5.41) is 9.33. The molecule has 1 saturated heterocycles. The number of aromatic amines is 1. The fourth-order valence-corrected chi connectivity index (χ4v) is 2.16. The van der Waals surface area contributed by atoms with Crippen LogP contribution in [-0.4, -0.2) is 47.5 Å². The number of H-pyrrole nitrogens is 1. The Morgan fingerprint density at radius 2 is 2.35 bits per heavy atom. The van der Waals surface area contributed by atoms with Crippen LogP contribution in [0.4, 0.5) is 5.95 Å². The number of nitrogens with zero attached hydrogens (tertiary/aromatic N) is 2. The van der Waals surface area contributed by atoms with Gasteiger partial charge >= 0.3 is 0 Å². The van der Waals surface area contributed by atoms with E-state index in [0.29, 0.717) is 13.2 Å². The summed E-state index contributed by atoms with van der Waals surface area (Å²) in [6, 6.07) is 7.91. The molecule has 1 aliphatic rings. The molecule has 0 aliphatic carbocycles. The third-order valence-electron chi connectivity index (χ3n) is 3.09. The van der Waals surface area contributed by atoms with Gasteiger partial charge in [-0.05, 0) is 12.1 Å². The summed E-state index contributed by atoms with van der Waals surface area (Å²) >= 11 is 0. The Hall–Kier alpha value is -1.59. The highest BCUT2D eigenvalue weighted by Gasteiger charge is 2.24. The van der Waals surface area contributed by atoms with E-state index in [0.717, 1.165) is 23.5 Å². The second-order valence-electron chi connectivity index (χ2n) is 4.18. The van der Waals surface area contributed by atoms with Crippen LogP contribution in [0.1, 0.15) is 0 Å². The van der Waals surface area contributed by atoms with Gasteiger partial charge in [-0.25, -0.2) is 4.98 Å². The number of rotatable bonds is 2. The molecule has 3 rings (SSSR count). The standard InChI is InChI=1S/C12H15N3O2/c16-7-9-8-17-6-5-15(9)12-13-10-3-1-2-4-11(10)14-12/h1-4,9,16H,5-8H2,(H,13,14). The topological polar surface area (TPSA) is 61.4 Å². The van der Waals surface area contributed by atoms with Gasteiger partial charge in [0.15, 0.2) is 0 Å². The van der Waals surface area contributed by atoms with E-state index >= 15 is 0 Å². The van der Waals surface area contributed by atoms with Gasteiger partial charge in [-0.3, -0.25) is 0 Å². The van der Waals surface area contributed by atoms with Crippen LogP contribution in [0.2, 0.25) is 0 Å². The Bertz CT molecular complexity index is 478. The first-order valence-corrected chi connectivity index (χ1v) is 5.78. The van der Waals surface area contributed by atoms with Crippen molar-refractivity contribution in [1.29, 1.82) is 0 Å². The molecule has 5 nitrogen and oxygen atoms in total. The fourth-order valence-electron chi connectivity index (χ4n) is 2.16. The Labute approximate surface area is 99.0 Å². The number of ether oxygens (including phenoxy) is 1. The molecule has 17 heavy (non-hydrogen) atoms. The van der Waals surface area contributed by atoms with Gasteiger partial charge in [-0.2, -0.15) is 0 Å². The van der Waals surface area contributed by atoms with Crippen LogP contribution in [0.5, 0.6) is 0 Å². The number of hydrogen-bond acceptors (Lipinski definition) is 4. The third-order valence-corrected chi connectivity index (χ3v) is 3.09. The SMILES string of the molecule is OCC1COCCN1c1nc2ccccc2[nH]1. The van der Waals surface area contributed by atoms with Crippen molar-refractivity contribution in [3.63, 3.8) is 0 Å². The molecule has 1 aliphatic heterocycles. The van der Waals surface area contributed by atoms with E-state index in [1.807, 2.05) is 24.3 Å². The lowest BCUT2D eigenvalue weighted by molar-refractivity contribution is 0.0719. The molecule has 1 unspecified atom stereocenters. The molecule has 0 radical (unpaired) electrons. The normalized spacial score (nSPS) is 21.0. The zero-order chi connectivity index (χ0) is 11.7. The zero-order valence-corrected chi connectivity index (χ0v) is 9.47. The summed E-state index contributed by atoms with van der Waals surface area (Å²) in [6.07, 6.45) is 0. The van der Waals surface area contributed by atoms with Crippen LogP contribution in [0, 0.1) is 0 Å². The number of benzene rings is 1. The van der Waals surface area contributed by atoms with E-state index in [4.69, 9.17) is 4.74 Å². The Balaban J connectivity index is 1.96. The summed E-state index contributed by atoms with van der Waals surface area (Å²) in [6.45, 7) is 2.06. The predicted molar refractivity (Wildman–Crippen MR) is 65.1 cm³/mol. The lowest BCUT2D eigenvalue weighted by Gasteiger charge is -2.34. The van der Waals surface area contributed by atoms with Crippen molar-refractivity contribution < 1.29 is 9.84 Å². The smallest absolute Gasteiger partial charge is 0.204 e. The molecule has 0 bridgehead atoms. The number of aliphatic hydroxyl groups is 1. The molecular formula is C12H15N3O2. The molecule has 5 heteroatoms. The Morgan fingerprint density at radius 3 is 3.18 bits per heavy atom. The third kappa shape index (κ3) is 1.87. The molecule has 0 spiro atoms. The van der Waals surface area contributed by atoms with Crippen LogP contribution in [-0.2, 0) is 4.74 Å². The zero-order valence-electron chi connectivity index (χ0n) is 9.47. The number of fused-ring (bicyclic) bond motifs is 1. The summed E-state index contributed by atoms with van der Waals surface area (Å²) in [5.74, 6) is 0.813. The molecule has 2 heterocycles. The first-order valence-electron chi connectivity index (χ1n) is 5.78. The number of imidazole rings is 1. The second-order valence-corrected chi connectivity index (χ2v) is 4.18. The first kappa shape index (κ1) is 10.6. The Morgan fingerprint density at radius 1 is 1.47 bits per heavy atom. The van der Waals surface area contributed by atoms with Gasteiger partial charge in [0.25, 0.3) is 0 Å². The molecule has 90 valence electrons. The summed E-state index contributed by atoms with van der Waals surface area (Å²) < 4.78 is 5.36. The highest BCUT2D eigenvalue weighted by Crippen LogP contribution is 2.20. The van der Waals surface area contributed by atoms with Crippen molar-refractivity contribution >= 4 is 17.0 Å². The second kappa shape index (κ2) is 4.35. The minimum atomic E-state index is -0.00990. The molecule has 0 amide bonds. The molecule has 2 aromatic rings. The number of hydrogen-bond donors (Lipinski definition) is 2. The molecule has 2 N–H and O–H groups in total. The maximum Gasteiger partial charge on any atom is 0.204 e. The summed E-state index contributed by atoms with van der Waals surface area (Å²) in [4.78, 5) is 9.89. The average Bonchev–Trinajstić information content (AvgIpc) is 2.82. The lowest BCUT2D eigenvalue weighted by atomic mass is 10.2. The maximum absolute atomic E-state index is 9.33. The molecule has 1 atom stereocenters. The van der Waals surface area contributed by atoms with Crippen molar-refractivity contribution in [3.8, 4) is 0 Å². The minimum Gasteiger partial charge on any atom is -0.394 e. The van der Waals surface area contributed by atoms with E-state index in [1.54, 1.807) is 0 Å². The van der Waals surface area contributed by atoms with Crippen molar-refractivity contribution in [2.75, 3.05) is 31.3 Å². The maximum atomic E-state index is 9.33. The van der Waals surface area contributed by atoms with E-state index in [1.165, 1.54) is 0 Å². The van der Waals surface area contributed by atoms with Gasteiger partial charge < -0.3 is 19.7 Å². The number of nitrogens with one attached hydrogen (secondary N) is 1. The number of aliphatic hydroxyl groups excluding tert-OH is 1. The van der Waals surface area contributed by atoms with Crippen molar-refractivity contribution in [2.45, 2.75) is 6.04 Å². The van der Waals surface area contributed by atoms with Crippen LogP contribution in [0.25, 0.3) is 11.0 Å². The van der Waals surface area contributed by atoms with Gasteiger partial charge in [0.2, 0.25) is 5.95 Å². The van der Waals surface area contributed by atoms with Gasteiger partial charge in [-0.1, -0.05) is 12.1 Å². The van der Waals surface area contributed by atoms with Crippen LogP contribution in [0.15, 0.2) is 24.3 Å². The quantitative estimate of drug-likeness (QED) is 0.804. The fraction of sp³-hybridized carbons (Fsp3) is 0.417. The van der Waals surface area contributed by atoms with Crippen LogP contribution >= 0.6 is 0 Å². The monoisotopic (exact) mass is 233 g/mol. The van der Waals surface area contributed by atoms with Crippen molar-refractivity contribution in [1.82, 2.24) is 9.97 Å². The summed E-state index contributed by atoms with van der Waals surface area (Å²) in [5.41, 5.74) is 1.97. The highest BCUT2D eigenvalue weighted by atomic mass is 16.5. The number of morpholine rings is 1. The van der Waals surface area contributed by atoms with E-state index in [2.05, 4.69) is 14.9 Å². The molecule has 1 fully saturated rings. The highest BCUT2D eigenvalue weighted by molar-refractivity contribution is 5.77. The molecule has 1 aromatic carbocycles. The summed E-state index contributed by atoms with van der Waals surface area (Å²) in [7, 11) is 0. The Kier molecular flexibility index (Phi) is 2.70. The largest absolute Gasteiger partial charge is 0.394 e. The average molecular weight is 233 g/mol. The van der Waals surface area contributed by atoms with Gasteiger partial charge in [0, 0.05) is 6.54 Å². The van der Waals surface area contributed by atoms with E-state index < -0.39 is 0 Å². The number of para-hydroxylation sites is 2. The number of aromatic nitrogens is 2. The van der Waals surface area contributed by atoms with Crippen LogP contribution in [0.3, 0.4) is 0 Å². The van der Waals surface area contributed by atoms with Crippen LogP contribution < -0.4 is 4.90 Å². The van der Waals surface area contributed by atoms with Gasteiger partial charge in [0.1, 0.15) is 0 Å². The predicted octanol–water partition coefficient (Wildman–Crippen LogP) is 0.760. The number of anilines is 1. The molecular weight excluding hydrogens is 218 g/mol. The molecule has 1 aromatic heterocycles. The first-order chi connectivity index (χ1) is 8.38. The van der Waals surface area contributed by atoms with Gasteiger partial charge in [-0.15, -0.1) is 0 Å². The van der Waals surface area contributed by atoms with E-state index in [9.17, 15) is 5.11 Å². The lowest BCUT2D eigenvalue weighted by Crippen LogP contribution is -2.48. The van der Waals surface area contributed by atoms with Crippen molar-refractivity contribution in [3.05, 3.63) is 24.3 Å². The van der Waals surface area contributed by atoms with Crippen molar-refractivity contribution in [2.24, 2.45) is 0 Å². The molecule has 0 saturated carbocycles.